The Hall–Kier alpha value is -1.35. The lowest BCUT2D eigenvalue weighted by Gasteiger charge is -2.38. The largest absolute Gasteiger partial charge is 0.327 e. The van der Waals surface area contributed by atoms with Gasteiger partial charge in [0, 0.05) is 11.6 Å². The molecule has 2 N–H and O–H groups in total. The van der Waals surface area contributed by atoms with Gasteiger partial charge in [-0.05, 0) is 57.1 Å². The summed E-state index contributed by atoms with van der Waals surface area (Å²) in [6, 6.07) is 4.28. The summed E-state index contributed by atoms with van der Waals surface area (Å²) in [5.41, 5.74) is 4.59. The first kappa shape index (κ1) is 16.5. The molecule has 1 amide bonds. The van der Waals surface area contributed by atoms with Crippen LogP contribution in [0.3, 0.4) is 0 Å². The Labute approximate surface area is 140 Å². The molecule has 1 heterocycles. The Bertz CT molecular complexity index is 558. The average molecular weight is 315 g/mol. The minimum absolute atomic E-state index is 0.171. The van der Waals surface area contributed by atoms with E-state index in [-0.39, 0.29) is 5.91 Å². The summed E-state index contributed by atoms with van der Waals surface area (Å²) in [5, 5.41) is 3.17. The average Bonchev–Trinajstić information content (AvgIpc) is 2.51. The maximum absolute atomic E-state index is 12.5. The van der Waals surface area contributed by atoms with Gasteiger partial charge in [-0.25, -0.2) is 0 Å². The molecule has 0 radical (unpaired) electrons. The van der Waals surface area contributed by atoms with Crippen LogP contribution in [0.2, 0.25) is 0 Å². The number of piperidine rings is 1. The zero-order chi connectivity index (χ0) is 16.4. The first-order valence-electron chi connectivity index (χ1n) is 9.24. The number of carbonyl (C=O) groups excluding carboxylic acids is 1. The second-order valence-electron chi connectivity index (χ2n) is 7.80. The number of benzene rings is 1. The highest BCUT2D eigenvalue weighted by Crippen LogP contribution is 2.32. The van der Waals surface area contributed by atoms with E-state index < -0.39 is 0 Å². The van der Waals surface area contributed by atoms with Gasteiger partial charge in [0.2, 0.25) is 0 Å². The highest BCUT2D eigenvalue weighted by atomic mass is 16.2. The molecule has 1 aliphatic carbocycles. The maximum atomic E-state index is 12.5. The minimum Gasteiger partial charge on any atom is -0.327 e. The van der Waals surface area contributed by atoms with E-state index in [0.717, 1.165) is 28.7 Å². The molecule has 3 nitrogen and oxygen atoms in total. The Kier molecular flexibility index (Phi) is 5.05. The fourth-order valence-electron chi connectivity index (χ4n) is 4.74. The van der Waals surface area contributed by atoms with Crippen molar-refractivity contribution in [1.82, 2.24) is 0 Å². The number of aryl methyl sites for hydroxylation is 3. The number of likely N-dealkylation sites (tertiary alicyclic amines) is 1. The zero-order valence-corrected chi connectivity index (χ0v) is 14.9. The molecule has 1 saturated carbocycles. The van der Waals surface area contributed by atoms with Crippen LogP contribution in [0.4, 0.5) is 5.69 Å². The van der Waals surface area contributed by atoms with Gasteiger partial charge >= 0.3 is 0 Å². The SMILES string of the molecule is Cc1cc(C)c(NC(=O)C[NH+]2CC[C@@H]3CCCC[C@@H]3C2)c(C)c1. The number of carbonyl (C=O) groups is 1. The van der Waals surface area contributed by atoms with Crippen molar-refractivity contribution in [2.24, 2.45) is 11.8 Å². The summed E-state index contributed by atoms with van der Waals surface area (Å²) in [6.45, 7) is 9.25. The standard InChI is InChI=1S/C20H30N2O/c1-14-10-15(2)20(16(3)11-14)21-19(23)13-22-9-8-17-6-4-5-7-18(17)12-22/h10-11,17-18H,4-9,12-13H2,1-3H3,(H,21,23)/p+1/t17-,18+/m0/s1. The Morgan fingerprint density at radius 2 is 1.74 bits per heavy atom. The molecule has 0 aromatic heterocycles. The highest BCUT2D eigenvalue weighted by Gasteiger charge is 2.34. The molecule has 1 aromatic carbocycles. The van der Waals surface area contributed by atoms with Crippen LogP contribution in [0.15, 0.2) is 12.1 Å². The molecule has 3 heteroatoms. The number of nitrogens with one attached hydrogen (secondary N) is 2. The molecule has 23 heavy (non-hydrogen) atoms. The van der Waals surface area contributed by atoms with Crippen LogP contribution < -0.4 is 10.2 Å². The summed E-state index contributed by atoms with van der Waals surface area (Å²) in [4.78, 5) is 14.0. The molecule has 0 spiro atoms. The lowest BCUT2D eigenvalue weighted by Crippen LogP contribution is -3.15. The van der Waals surface area contributed by atoms with E-state index in [2.05, 4.69) is 38.2 Å². The van der Waals surface area contributed by atoms with Crippen LogP contribution >= 0.6 is 0 Å². The number of hydrogen-bond acceptors (Lipinski definition) is 1. The molecule has 1 aliphatic heterocycles. The quantitative estimate of drug-likeness (QED) is 0.883. The molecule has 1 saturated heterocycles. The predicted molar refractivity (Wildman–Crippen MR) is 94.9 cm³/mol. The first-order valence-corrected chi connectivity index (χ1v) is 9.24. The van der Waals surface area contributed by atoms with Crippen molar-refractivity contribution >= 4 is 11.6 Å². The third kappa shape index (κ3) is 3.95. The summed E-state index contributed by atoms with van der Waals surface area (Å²) >= 11 is 0. The molecule has 2 aliphatic rings. The zero-order valence-electron chi connectivity index (χ0n) is 14.9. The molecule has 0 bridgehead atoms. The van der Waals surface area contributed by atoms with Crippen LogP contribution in [-0.2, 0) is 4.79 Å². The smallest absolute Gasteiger partial charge is 0.279 e. The number of quaternary nitrogens is 1. The Morgan fingerprint density at radius 1 is 1.09 bits per heavy atom. The number of fused-ring (bicyclic) bond motifs is 1. The van der Waals surface area contributed by atoms with Crippen molar-refractivity contribution < 1.29 is 9.69 Å². The van der Waals surface area contributed by atoms with E-state index in [1.54, 1.807) is 0 Å². The number of rotatable bonds is 3. The molecule has 1 unspecified atom stereocenters. The Morgan fingerprint density at radius 3 is 2.43 bits per heavy atom. The topological polar surface area (TPSA) is 33.5 Å². The van der Waals surface area contributed by atoms with Crippen LogP contribution in [-0.4, -0.2) is 25.5 Å². The van der Waals surface area contributed by atoms with E-state index in [4.69, 9.17) is 0 Å². The van der Waals surface area contributed by atoms with Crippen molar-refractivity contribution in [1.29, 1.82) is 0 Å². The van der Waals surface area contributed by atoms with Crippen LogP contribution in [0.25, 0.3) is 0 Å². The molecule has 3 atom stereocenters. The van der Waals surface area contributed by atoms with Crippen molar-refractivity contribution in [2.75, 3.05) is 25.0 Å². The normalized spacial score (nSPS) is 27.3. The highest BCUT2D eigenvalue weighted by molar-refractivity contribution is 5.93. The van der Waals surface area contributed by atoms with Gasteiger partial charge in [0.05, 0.1) is 13.1 Å². The van der Waals surface area contributed by atoms with Crippen LogP contribution in [0.5, 0.6) is 0 Å². The van der Waals surface area contributed by atoms with Gasteiger partial charge < -0.3 is 10.2 Å². The molecule has 126 valence electrons. The second-order valence-corrected chi connectivity index (χ2v) is 7.80. The minimum atomic E-state index is 0.171. The molecule has 2 fully saturated rings. The number of anilines is 1. The summed E-state index contributed by atoms with van der Waals surface area (Å²) in [6.07, 6.45) is 6.93. The van der Waals surface area contributed by atoms with Crippen molar-refractivity contribution in [3.63, 3.8) is 0 Å². The lowest BCUT2D eigenvalue weighted by molar-refractivity contribution is -0.902. The van der Waals surface area contributed by atoms with Gasteiger partial charge in [-0.15, -0.1) is 0 Å². The van der Waals surface area contributed by atoms with Gasteiger partial charge in [-0.2, -0.15) is 0 Å². The van der Waals surface area contributed by atoms with Crippen LogP contribution in [0, 0.1) is 32.6 Å². The number of hydrogen-bond donors (Lipinski definition) is 2. The lowest BCUT2D eigenvalue weighted by atomic mass is 9.75. The van der Waals surface area contributed by atoms with Gasteiger partial charge in [0.15, 0.2) is 6.54 Å². The van der Waals surface area contributed by atoms with Crippen LogP contribution in [0.1, 0.15) is 48.8 Å². The summed E-state index contributed by atoms with van der Waals surface area (Å²) in [7, 11) is 0. The third-order valence-corrected chi connectivity index (χ3v) is 5.84. The van der Waals surface area contributed by atoms with Gasteiger partial charge in [0.25, 0.3) is 5.91 Å². The van der Waals surface area contributed by atoms with E-state index in [0.29, 0.717) is 6.54 Å². The molecular weight excluding hydrogens is 284 g/mol. The van der Waals surface area contributed by atoms with E-state index in [1.165, 1.54) is 55.7 Å². The molecular formula is C20H31N2O+. The second kappa shape index (κ2) is 7.04. The van der Waals surface area contributed by atoms with Gasteiger partial charge in [-0.3, -0.25) is 4.79 Å². The van der Waals surface area contributed by atoms with Gasteiger partial charge in [0.1, 0.15) is 0 Å². The third-order valence-electron chi connectivity index (χ3n) is 5.84. The van der Waals surface area contributed by atoms with E-state index in [1.807, 2.05) is 0 Å². The maximum Gasteiger partial charge on any atom is 0.279 e. The fraction of sp³-hybridized carbons (Fsp3) is 0.650. The van der Waals surface area contributed by atoms with Crippen molar-refractivity contribution in [3.05, 3.63) is 28.8 Å². The fourth-order valence-corrected chi connectivity index (χ4v) is 4.74. The summed E-state index contributed by atoms with van der Waals surface area (Å²) < 4.78 is 0. The molecule has 1 aromatic rings. The van der Waals surface area contributed by atoms with E-state index in [9.17, 15) is 4.79 Å². The monoisotopic (exact) mass is 315 g/mol. The summed E-state index contributed by atoms with van der Waals surface area (Å²) in [5.74, 6) is 1.98. The van der Waals surface area contributed by atoms with Gasteiger partial charge in [-0.1, -0.05) is 30.5 Å². The van der Waals surface area contributed by atoms with Crippen molar-refractivity contribution in [2.45, 2.75) is 52.9 Å². The van der Waals surface area contributed by atoms with E-state index >= 15 is 0 Å². The molecule has 3 rings (SSSR count). The number of amides is 1. The predicted octanol–water partition coefficient (Wildman–Crippen LogP) is 2.65. The Balaban J connectivity index is 1.57. The van der Waals surface area contributed by atoms with Crippen molar-refractivity contribution in [3.8, 4) is 0 Å². The first-order chi connectivity index (χ1) is 11.0.